The highest BCUT2D eigenvalue weighted by molar-refractivity contribution is 6.72. The van der Waals surface area contributed by atoms with Crippen LogP contribution in [0.5, 0.6) is 5.75 Å². The van der Waals surface area contributed by atoms with Crippen molar-refractivity contribution in [1.82, 2.24) is 0 Å². The maximum absolute atomic E-state index is 10.2. The second kappa shape index (κ2) is 6.55. The van der Waals surface area contributed by atoms with Gasteiger partial charge in [-0.3, -0.25) is 0 Å². The molecule has 0 aliphatic heterocycles. The molecule has 0 saturated carbocycles. The summed E-state index contributed by atoms with van der Waals surface area (Å²) in [5, 5.41) is 8.96. The molecule has 1 aromatic carbocycles. The molecule has 0 bridgehead atoms. The van der Waals surface area contributed by atoms with Crippen LogP contribution in [-0.2, 0) is 6.61 Å². The molecular formula is C15H26O3Si. The van der Waals surface area contributed by atoms with Crippen LogP contribution >= 0.6 is 0 Å². The lowest BCUT2D eigenvalue weighted by atomic mass is 10.1. The number of hydrogen-bond donors (Lipinski definition) is 2. The van der Waals surface area contributed by atoms with Crippen LogP contribution in [0.2, 0.25) is 18.1 Å². The van der Waals surface area contributed by atoms with Crippen molar-refractivity contribution in [2.45, 2.75) is 51.4 Å². The molecule has 0 unspecified atom stereocenters. The lowest BCUT2D eigenvalue weighted by Crippen LogP contribution is -2.39. The van der Waals surface area contributed by atoms with Gasteiger partial charge in [-0.25, -0.2) is 0 Å². The van der Waals surface area contributed by atoms with Gasteiger partial charge in [0.05, 0.1) is 13.2 Å². The molecule has 0 radical (unpaired) electrons. The summed E-state index contributed by atoms with van der Waals surface area (Å²) in [7, 11) is -2.11. The van der Waals surface area contributed by atoms with Gasteiger partial charge in [-0.2, -0.15) is 0 Å². The van der Waals surface area contributed by atoms with Crippen molar-refractivity contribution in [2.24, 2.45) is 0 Å². The zero-order valence-corrected chi connectivity index (χ0v) is 13.4. The van der Waals surface area contributed by atoms with Crippen LogP contribution in [0.1, 0.15) is 32.3 Å². The van der Waals surface area contributed by atoms with E-state index in [1.165, 1.54) is 0 Å². The Hall–Kier alpha value is -0.843. The predicted molar refractivity (Wildman–Crippen MR) is 80.8 cm³/mol. The third-order valence-electron chi connectivity index (χ3n) is 3.98. The Morgan fingerprint density at radius 3 is 2.21 bits per heavy atom. The van der Waals surface area contributed by atoms with Gasteiger partial charge in [0.2, 0.25) is 0 Å². The van der Waals surface area contributed by atoms with Crippen molar-refractivity contribution in [2.75, 3.05) is 6.61 Å². The molecule has 0 amide bonds. The molecule has 19 heavy (non-hydrogen) atoms. The van der Waals surface area contributed by atoms with E-state index in [0.29, 0.717) is 6.61 Å². The van der Waals surface area contributed by atoms with Gasteiger partial charge < -0.3 is 14.6 Å². The Balaban J connectivity index is 2.34. The molecule has 2 N–H and O–H groups in total. The summed E-state index contributed by atoms with van der Waals surface area (Å²) in [5.74, 6) is 0.829. The van der Waals surface area contributed by atoms with Crippen LogP contribution < -0.4 is 4.74 Å². The largest absolute Gasteiger partial charge is 0.494 e. The summed E-state index contributed by atoms with van der Waals surface area (Å²) < 4.78 is 5.67. The van der Waals surface area contributed by atoms with Gasteiger partial charge in [0.15, 0.2) is 8.32 Å². The SMILES string of the molecule is CC(C)(CCCOc1ccc(CO)cc1)[Si](C)(C)O. The molecule has 1 aromatic rings. The zero-order chi connectivity index (χ0) is 14.5. The van der Waals surface area contributed by atoms with Crippen molar-refractivity contribution in [3.8, 4) is 5.75 Å². The van der Waals surface area contributed by atoms with Crippen LogP contribution in [0.15, 0.2) is 24.3 Å². The Bertz CT molecular complexity index is 379. The summed E-state index contributed by atoms with van der Waals surface area (Å²) in [6, 6.07) is 7.48. The summed E-state index contributed by atoms with van der Waals surface area (Å²) in [6.45, 7) is 8.96. The summed E-state index contributed by atoms with van der Waals surface area (Å²) in [4.78, 5) is 10.2. The van der Waals surface area contributed by atoms with Crippen molar-refractivity contribution < 1.29 is 14.6 Å². The number of aliphatic hydroxyl groups excluding tert-OH is 1. The zero-order valence-electron chi connectivity index (χ0n) is 12.4. The number of ether oxygens (including phenoxy) is 1. The maximum atomic E-state index is 10.2. The van der Waals surface area contributed by atoms with Gasteiger partial charge in [0.1, 0.15) is 5.75 Å². The van der Waals surface area contributed by atoms with Crippen molar-refractivity contribution in [1.29, 1.82) is 0 Å². The van der Waals surface area contributed by atoms with Crippen LogP contribution in [0.3, 0.4) is 0 Å². The molecule has 0 saturated heterocycles. The predicted octanol–water partition coefficient (Wildman–Crippen LogP) is 3.32. The van der Waals surface area contributed by atoms with E-state index in [2.05, 4.69) is 13.8 Å². The molecule has 4 heteroatoms. The Morgan fingerprint density at radius 1 is 1.16 bits per heavy atom. The van der Waals surface area contributed by atoms with E-state index in [1.54, 1.807) is 0 Å². The molecule has 0 aliphatic rings. The lowest BCUT2D eigenvalue weighted by molar-refractivity contribution is 0.280. The van der Waals surface area contributed by atoms with Crippen LogP contribution in [-0.4, -0.2) is 24.8 Å². The minimum Gasteiger partial charge on any atom is -0.494 e. The van der Waals surface area contributed by atoms with E-state index >= 15 is 0 Å². The van der Waals surface area contributed by atoms with E-state index in [-0.39, 0.29) is 11.6 Å². The number of hydrogen-bond acceptors (Lipinski definition) is 3. The van der Waals surface area contributed by atoms with Crippen LogP contribution in [0, 0.1) is 0 Å². The number of benzene rings is 1. The fraction of sp³-hybridized carbons (Fsp3) is 0.600. The molecule has 0 fully saturated rings. The summed E-state index contributed by atoms with van der Waals surface area (Å²) >= 11 is 0. The van der Waals surface area contributed by atoms with Gasteiger partial charge in [-0.15, -0.1) is 0 Å². The third-order valence-corrected chi connectivity index (χ3v) is 7.54. The Labute approximate surface area is 117 Å². The quantitative estimate of drug-likeness (QED) is 0.596. The molecule has 3 nitrogen and oxygen atoms in total. The van der Waals surface area contributed by atoms with Gasteiger partial charge in [0.25, 0.3) is 0 Å². The Kier molecular flexibility index (Phi) is 5.59. The van der Waals surface area contributed by atoms with Crippen molar-refractivity contribution in [3.63, 3.8) is 0 Å². The second-order valence-corrected chi connectivity index (χ2v) is 10.7. The third kappa shape index (κ3) is 4.97. The smallest absolute Gasteiger partial charge is 0.188 e. The van der Waals surface area contributed by atoms with E-state index in [4.69, 9.17) is 9.84 Å². The topological polar surface area (TPSA) is 49.7 Å². The molecular weight excluding hydrogens is 256 g/mol. The fourth-order valence-corrected chi connectivity index (χ4v) is 2.49. The van der Waals surface area contributed by atoms with Crippen molar-refractivity contribution in [3.05, 3.63) is 29.8 Å². The number of rotatable bonds is 7. The highest BCUT2D eigenvalue weighted by Crippen LogP contribution is 2.39. The molecule has 0 atom stereocenters. The molecule has 0 heterocycles. The van der Waals surface area contributed by atoms with E-state index in [0.717, 1.165) is 24.2 Å². The molecule has 0 aliphatic carbocycles. The fourth-order valence-electron chi connectivity index (χ4n) is 1.70. The van der Waals surface area contributed by atoms with Gasteiger partial charge in [-0.1, -0.05) is 26.0 Å². The van der Waals surface area contributed by atoms with Crippen LogP contribution in [0.4, 0.5) is 0 Å². The average Bonchev–Trinajstić information content (AvgIpc) is 2.34. The highest BCUT2D eigenvalue weighted by Gasteiger charge is 2.37. The van der Waals surface area contributed by atoms with Crippen molar-refractivity contribution >= 4 is 8.32 Å². The van der Waals surface area contributed by atoms with E-state index in [1.807, 2.05) is 37.4 Å². The summed E-state index contributed by atoms with van der Waals surface area (Å²) in [6.07, 6.45) is 1.91. The Morgan fingerprint density at radius 2 is 1.74 bits per heavy atom. The second-order valence-electron chi connectivity index (χ2n) is 6.20. The van der Waals surface area contributed by atoms with E-state index < -0.39 is 8.32 Å². The standard InChI is InChI=1S/C15H26O3Si/c1-15(2,19(3,4)17)10-5-11-18-14-8-6-13(12-16)7-9-14/h6-9,16-17H,5,10-12H2,1-4H3. The molecule has 0 spiro atoms. The van der Waals surface area contributed by atoms with Crippen LogP contribution in [0.25, 0.3) is 0 Å². The molecule has 108 valence electrons. The monoisotopic (exact) mass is 282 g/mol. The first-order valence-corrected chi connectivity index (χ1v) is 9.76. The average molecular weight is 282 g/mol. The first-order valence-electron chi connectivity index (χ1n) is 6.81. The lowest BCUT2D eigenvalue weighted by Gasteiger charge is -2.35. The minimum atomic E-state index is -2.11. The summed E-state index contributed by atoms with van der Waals surface area (Å²) in [5.41, 5.74) is 0.890. The highest BCUT2D eigenvalue weighted by atomic mass is 28.4. The molecule has 1 rings (SSSR count). The maximum Gasteiger partial charge on any atom is 0.188 e. The van der Waals surface area contributed by atoms with Gasteiger partial charge in [0, 0.05) is 0 Å². The van der Waals surface area contributed by atoms with E-state index in [9.17, 15) is 4.80 Å². The first-order chi connectivity index (χ1) is 8.76. The number of aliphatic hydroxyl groups is 1. The molecule has 0 aromatic heterocycles. The van der Waals surface area contributed by atoms with Gasteiger partial charge in [-0.05, 0) is 48.7 Å². The minimum absolute atomic E-state index is 0.0110. The normalized spacial score (nSPS) is 12.5. The van der Waals surface area contributed by atoms with Gasteiger partial charge >= 0.3 is 0 Å². The first kappa shape index (κ1) is 16.2.